The minimum atomic E-state index is -3.00. The van der Waals surface area contributed by atoms with Gasteiger partial charge in [-0.3, -0.25) is 4.79 Å². The van der Waals surface area contributed by atoms with Gasteiger partial charge >= 0.3 is 6.61 Å². The molecule has 37 heavy (non-hydrogen) atoms. The van der Waals surface area contributed by atoms with E-state index in [1.54, 1.807) is 13.8 Å². The standard InChI is InChI=1S/C26H28F3N3O5/c1-3-34-21-11-17(27)7-8-18(21)24(33)31-12-19-23(14(2)30)37-25(32-19)16-6-9-20(36-26(28)29)22(10-16)35-13-15-4-5-15/h6-11,14-15,26H,3-5,12-13,30H2,1-2H3,(H,31,33). The van der Waals surface area contributed by atoms with E-state index >= 15 is 0 Å². The maximum absolute atomic E-state index is 13.6. The number of rotatable bonds is 12. The average molecular weight is 520 g/mol. The summed E-state index contributed by atoms with van der Waals surface area (Å²) in [6.07, 6.45) is 2.06. The van der Waals surface area contributed by atoms with Gasteiger partial charge in [-0.25, -0.2) is 9.37 Å². The van der Waals surface area contributed by atoms with Crippen LogP contribution in [0.4, 0.5) is 13.2 Å². The number of amides is 1. The second-order valence-electron chi connectivity index (χ2n) is 8.67. The minimum absolute atomic E-state index is 0.0280. The molecule has 2 aromatic carbocycles. The molecule has 1 amide bonds. The Morgan fingerprint density at radius 1 is 1.16 bits per heavy atom. The van der Waals surface area contributed by atoms with Gasteiger partial charge < -0.3 is 29.7 Å². The zero-order valence-corrected chi connectivity index (χ0v) is 20.4. The first kappa shape index (κ1) is 26.3. The van der Waals surface area contributed by atoms with Crippen LogP contribution in [0, 0.1) is 11.7 Å². The minimum Gasteiger partial charge on any atom is -0.493 e. The number of nitrogens with zero attached hydrogens (tertiary/aromatic N) is 1. The molecule has 0 bridgehead atoms. The molecule has 198 valence electrons. The second-order valence-corrected chi connectivity index (χ2v) is 8.67. The molecule has 1 aliphatic carbocycles. The van der Waals surface area contributed by atoms with Crippen LogP contribution in [0.3, 0.4) is 0 Å². The van der Waals surface area contributed by atoms with Crippen LogP contribution in [-0.2, 0) is 6.54 Å². The number of halogens is 3. The summed E-state index contributed by atoms with van der Waals surface area (Å²) in [5.74, 6) is 0.0852. The molecule has 0 aliphatic heterocycles. The molecule has 1 saturated carbocycles. The van der Waals surface area contributed by atoms with Crippen molar-refractivity contribution in [1.82, 2.24) is 10.3 Å². The lowest BCUT2D eigenvalue weighted by atomic mass is 10.1. The van der Waals surface area contributed by atoms with Crippen molar-refractivity contribution in [3.05, 3.63) is 59.2 Å². The van der Waals surface area contributed by atoms with Gasteiger partial charge in [0.05, 0.1) is 31.4 Å². The monoisotopic (exact) mass is 519 g/mol. The molecule has 4 rings (SSSR count). The van der Waals surface area contributed by atoms with Crippen molar-refractivity contribution < 1.29 is 36.6 Å². The fraction of sp³-hybridized carbons (Fsp3) is 0.385. The topological polar surface area (TPSA) is 109 Å². The molecule has 3 N–H and O–H groups in total. The SMILES string of the molecule is CCOc1cc(F)ccc1C(=O)NCc1nc(-c2ccc(OC(F)F)c(OCC3CC3)c2)oc1C(C)N. The number of benzene rings is 2. The predicted octanol–water partition coefficient (Wildman–Crippen LogP) is 5.22. The number of ether oxygens (including phenoxy) is 3. The molecule has 3 aromatic rings. The van der Waals surface area contributed by atoms with E-state index in [1.165, 1.54) is 30.3 Å². The van der Waals surface area contributed by atoms with Gasteiger partial charge in [0.15, 0.2) is 11.5 Å². The molecule has 1 heterocycles. The summed E-state index contributed by atoms with van der Waals surface area (Å²) in [6.45, 7) is 1.06. The van der Waals surface area contributed by atoms with Gasteiger partial charge in [-0.1, -0.05) is 0 Å². The quantitative estimate of drug-likeness (QED) is 0.338. The highest BCUT2D eigenvalue weighted by Gasteiger charge is 2.24. The van der Waals surface area contributed by atoms with E-state index in [0.717, 1.165) is 18.9 Å². The number of oxazole rings is 1. The van der Waals surface area contributed by atoms with Gasteiger partial charge in [0.1, 0.15) is 23.0 Å². The van der Waals surface area contributed by atoms with Crippen LogP contribution in [0.15, 0.2) is 40.8 Å². The summed E-state index contributed by atoms with van der Waals surface area (Å²) >= 11 is 0. The molecular weight excluding hydrogens is 491 g/mol. The zero-order chi connectivity index (χ0) is 26.5. The first-order valence-electron chi connectivity index (χ1n) is 11.9. The highest BCUT2D eigenvalue weighted by atomic mass is 19.3. The van der Waals surface area contributed by atoms with Crippen molar-refractivity contribution in [2.24, 2.45) is 11.7 Å². The van der Waals surface area contributed by atoms with Crippen LogP contribution in [0.25, 0.3) is 11.5 Å². The summed E-state index contributed by atoms with van der Waals surface area (Å²) in [7, 11) is 0. The number of alkyl halides is 2. The maximum atomic E-state index is 13.6. The van der Waals surface area contributed by atoms with Gasteiger partial charge in [0, 0.05) is 11.6 Å². The number of nitrogens with one attached hydrogen (secondary N) is 1. The van der Waals surface area contributed by atoms with Crippen LogP contribution >= 0.6 is 0 Å². The van der Waals surface area contributed by atoms with Crippen LogP contribution < -0.4 is 25.3 Å². The fourth-order valence-corrected chi connectivity index (χ4v) is 3.63. The molecule has 0 spiro atoms. The van der Waals surface area contributed by atoms with Gasteiger partial charge in [-0.15, -0.1) is 0 Å². The molecular formula is C26H28F3N3O5. The van der Waals surface area contributed by atoms with Gasteiger partial charge in [-0.05, 0) is 62.9 Å². The predicted molar refractivity (Wildman–Crippen MR) is 128 cm³/mol. The van der Waals surface area contributed by atoms with E-state index in [2.05, 4.69) is 15.0 Å². The fourth-order valence-electron chi connectivity index (χ4n) is 3.63. The zero-order valence-electron chi connectivity index (χ0n) is 20.4. The summed E-state index contributed by atoms with van der Waals surface area (Å²) in [5.41, 5.74) is 7.08. The van der Waals surface area contributed by atoms with E-state index in [9.17, 15) is 18.0 Å². The summed E-state index contributed by atoms with van der Waals surface area (Å²) in [6, 6.07) is 7.51. The normalized spacial score (nSPS) is 13.9. The van der Waals surface area contributed by atoms with Crippen LogP contribution in [0.5, 0.6) is 17.2 Å². The Labute approximate surface area is 211 Å². The molecule has 1 unspecified atom stereocenters. The Balaban J connectivity index is 1.56. The average Bonchev–Trinajstić information content (AvgIpc) is 3.58. The third-order valence-corrected chi connectivity index (χ3v) is 5.62. The lowest BCUT2D eigenvalue weighted by Gasteiger charge is -2.12. The Bertz CT molecular complexity index is 1240. The van der Waals surface area contributed by atoms with E-state index in [1.807, 2.05) is 0 Å². The molecule has 1 aromatic heterocycles. The van der Waals surface area contributed by atoms with Gasteiger partial charge in [-0.2, -0.15) is 8.78 Å². The number of aromatic nitrogens is 1. The first-order chi connectivity index (χ1) is 17.7. The lowest BCUT2D eigenvalue weighted by molar-refractivity contribution is -0.0515. The Morgan fingerprint density at radius 2 is 1.95 bits per heavy atom. The van der Waals surface area contributed by atoms with Crippen LogP contribution in [0.1, 0.15) is 54.5 Å². The molecule has 0 saturated heterocycles. The Morgan fingerprint density at radius 3 is 2.62 bits per heavy atom. The van der Waals surface area contributed by atoms with Gasteiger partial charge in [0.25, 0.3) is 5.91 Å². The maximum Gasteiger partial charge on any atom is 0.387 e. The largest absolute Gasteiger partial charge is 0.493 e. The van der Waals surface area contributed by atoms with Crippen molar-refractivity contribution in [2.75, 3.05) is 13.2 Å². The molecule has 11 heteroatoms. The lowest BCUT2D eigenvalue weighted by Crippen LogP contribution is -2.25. The van der Waals surface area contributed by atoms with Crippen molar-refractivity contribution in [3.8, 4) is 28.7 Å². The van der Waals surface area contributed by atoms with Crippen LogP contribution in [0.2, 0.25) is 0 Å². The summed E-state index contributed by atoms with van der Waals surface area (Å²) < 4.78 is 60.9. The Hall–Kier alpha value is -3.73. The molecule has 1 fully saturated rings. The third-order valence-electron chi connectivity index (χ3n) is 5.62. The van der Waals surface area contributed by atoms with Crippen molar-refractivity contribution in [2.45, 2.75) is 45.9 Å². The molecule has 1 atom stereocenters. The van der Waals surface area contributed by atoms with Crippen LogP contribution in [-0.4, -0.2) is 30.7 Å². The van der Waals surface area contributed by atoms with Crippen molar-refractivity contribution >= 4 is 5.91 Å². The highest BCUT2D eigenvalue weighted by molar-refractivity contribution is 5.96. The second kappa shape index (κ2) is 11.5. The van der Waals surface area contributed by atoms with E-state index in [0.29, 0.717) is 29.5 Å². The first-order valence-corrected chi connectivity index (χ1v) is 11.9. The summed E-state index contributed by atoms with van der Waals surface area (Å²) in [5, 5.41) is 2.73. The van der Waals surface area contributed by atoms with E-state index < -0.39 is 24.4 Å². The van der Waals surface area contributed by atoms with Crippen molar-refractivity contribution in [3.63, 3.8) is 0 Å². The van der Waals surface area contributed by atoms with Gasteiger partial charge in [0.2, 0.25) is 5.89 Å². The van der Waals surface area contributed by atoms with E-state index in [4.69, 9.17) is 19.6 Å². The smallest absolute Gasteiger partial charge is 0.387 e. The number of carbonyl (C=O) groups is 1. The Kier molecular flexibility index (Phi) is 8.22. The molecule has 8 nitrogen and oxygen atoms in total. The number of hydrogen-bond acceptors (Lipinski definition) is 7. The van der Waals surface area contributed by atoms with Crippen molar-refractivity contribution in [1.29, 1.82) is 0 Å². The third kappa shape index (κ3) is 6.73. The number of nitrogens with two attached hydrogens (primary N) is 1. The molecule has 1 aliphatic rings. The highest BCUT2D eigenvalue weighted by Crippen LogP contribution is 2.37. The summed E-state index contributed by atoms with van der Waals surface area (Å²) in [4.78, 5) is 17.3. The number of hydrogen-bond donors (Lipinski definition) is 2. The molecule has 0 radical (unpaired) electrons. The van der Waals surface area contributed by atoms with E-state index in [-0.39, 0.29) is 41.9 Å². The number of carbonyl (C=O) groups excluding carboxylic acids is 1.